The van der Waals surface area contributed by atoms with Gasteiger partial charge in [0.2, 0.25) is 11.8 Å². The summed E-state index contributed by atoms with van der Waals surface area (Å²) in [6, 6.07) is 16.8. The van der Waals surface area contributed by atoms with Crippen LogP contribution < -0.4 is 10.6 Å². The first-order chi connectivity index (χ1) is 16.4. The first-order valence-electron chi connectivity index (χ1n) is 10.2. The molecule has 0 aliphatic carbocycles. The van der Waals surface area contributed by atoms with Gasteiger partial charge in [-0.2, -0.15) is 5.10 Å². The first-order valence-corrected chi connectivity index (χ1v) is 11.1. The Labute approximate surface area is 198 Å². The molecule has 1 aliphatic heterocycles. The van der Waals surface area contributed by atoms with Crippen LogP contribution in [0.4, 0.5) is 11.4 Å². The Kier molecular flexibility index (Phi) is 6.83. The molecule has 2 heterocycles. The molecule has 0 spiro atoms. The SMILES string of the molecule is Cc1ccc(NC(=O)C[C@@H]2S/C(=N\N=Cc3ccc(-c4ccccc4[N+](=O)[O-])o3)NC2=O)cc1. The van der Waals surface area contributed by atoms with Gasteiger partial charge in [-0.25, -0.2) is 0 Å². The smallest absolute Gasteiger partial charge is 0.280 e. The number of para-hydroxylation sites is 1. The van der Waals surface area contributed by atoms with Crippen LogP contribution in [0.15, 0.2) is 75.3 Å². The molecule has 1 aliphatic rings. The second kappa shape index (κ2) is 10.1. The summed E-state index contributed by atoms with van der Waals surface area (Å²) in [7, 11) is 0. The second-order valence-electron chi connectivity index (χ2n) is 7.34. The number of nitro groups is 1. The summed E-state index contributed by atoms with van der Waals surface area (Å²) in [5.74, 6) is 0.0551. The predicted molar refractivity (Wildman–Crippen MR) is 130 cm³/mol. The third kappa shape index (κ3) is 5.56. The fraction of sp³-hybridized carbons (Fsp3) is 0.130. The van der Waals surface area contributed by atoms with Crippen LogP contribution in [0.1, 0.15) is 17.7 Å². The van der Waals surface area contributed by atoms with Crippen molar-refractivity contribution in [2.75, 3.05) is 5.32 Å². The lowest BCUT2D eigenvalue weighted by Gasteiger charge is -2.07. The largest absolute Gasteiger partial charge is 0.455 e. The molecule has 1 fully saturated rings. The Morgan fingerprint density at radius 2 is 1.97 bits per heavy atom. The van der Waals surface area contributed by atoms with Crippen molar-refractivity contribution in [1.29, 1.82) is 0 Å². The molecule has 0 saturated carbocycles. The summed E-state index contributed by atoms with van der Waals surface area (Å²) in [6.45, 7) is 1.95. The monoisotopic (exact) mass is 477 g/mol. The number of aryl methyl sites for hydroxylation is 1. The lowest BCUT2D eigenvalue weighted by Crippen LogP contribution is -2.28. The molecule has 34 heavy (non-hydrogen) atoms. The number of amidine groups is 1. The van der Waals surface area contributed by atoms with Crippen molar-refractivity contribution in [3.63, 3.8) is 0 Å². The molecule has 172 valence electrons. The van der Waals surface area contributed by atoms with Crippen molar-refractivity contribution < 1.29 is 18.9 Å². The zero-order valence-electron chi connectivity index (χ0n) is 17.9. The normalized spacial score (nSPS) is 16.7. The molecular formula is C23H19N5O5S. The van der Waals surface area contributed by atoms with E-state index in [1.54, 1.807) is 42.5 Å². The molecule has 2 aromatic carbocycles. The summed E-state index contributed by atoms with van der Waals surface area (Å²) in [5.41, 5.74) is 2.03. The van der Waals surface area contributed by atoms with Crippen molar-refractivity contribution >= 4 is 46.3 Å². The molecule has 0 bridgehead atoms. The molecule has 0 radical (unpaired) electrons. The van der Waals surface area contributed by atoms with Gasteiger partial charge in [-0.3, -0.25) is 19.7 Å². The number of rotatable bonds is 7. The van der Waals surface area contributed by atoms with Crippen LogP contribution in [0.25, 0.3) is 11.3 Å². The summed E-state index contributed by atoms with van der Waals surface area (Å²) in [4.78, 5) is 35.2. The number of benzene rings is 2. The predicted octanol–water partition coefficient (Wildman–Crippen LogP) is 4.11. The van der Waals surface area contributed by atoms with Gasteiger partial charge in [-0.1, -0.05) is 41.6 Å². The average Bonchev–Trinajstić information content (AvgIpc) is 3.42. The van der Waals surface area contributed by atoms with Gasteiger partial charge in [-0.15, -0.1) is 5.10 Å². The quantitative estimate of drug-likeness (QED) is 0.298. The number of carbonyl (C=O) groups excluding carboxylic acids is 2. The van der Waals surface area contributed by atoms with Crippen LogP contribution in [0, 0.1) is 17.0 Å². The molecule has 0 unspecified atom stereocenters. The molecule has 11 heteroatoms. The third-order valence-corrected chi connectivity index (χ3v) is 5.88. The van der Waals surface area contributed by atoms with E-state index in [0.717, 1.165) is 17.3 Å². The number of anilines is 1. The highest BCUT2D eigenvalue weighted by atomic mass is 32.2. The Hall–Kier alpha value is -4.25. The highest BCUT2D eigenvalue weighted by Crippen LogP contribution is 2.30. The maximum atomic E-state index is 12.3. The minimum atomic E-state index is -0.617. The number of amides is 2. The molecule has 3 aromatic rings. The van der Waals surface area contributed by atoms with Gasteiger partial charge < -0.3 is 15.1 Å². The number of nitrogens with zero attached hydrogens (tertiary/aromatic N) is 3. The lowest BCUT2D eigenvalue weighted by molar-refractivity contribution is -0.384. The van der Waals surface area contributed by atoms with Crippen molar-refractivity contribution in [3.8, 4) is 11.3 Å². The Balaban J connectivity index is 1.35. The molecule has 1 saturated heterocycles. The number of hydrogen-bond acceptors (Lipinski definition) is 8. The van der Waals surface area contributed by atoms with E-state index in [-0.39, 0.29) is 29.1 Å². The van der Waals surface area contributed by atoms with Crippen LogP contribution in [0.3, 0.4) is 0 Å². The minimum absolute atomic E-state index is 0.00941. The molecule has 2 N–H and O–H groups in total. The van der Waals surface area contributed by atoms with E-state index in [4.69, 9.17) is 4.42 Å². The van der Waals surface area contributed by atoms with E-state index >= 15 is 0 Å². The minimum Gasteiger partial charge on any atom is -0.455 e. The van der Waals surface area contributed by atoms with E-state index in [9.17, 15) is 19.7 Å². The van der Waals surface area contributed by atoms with Crippen LogP contribution in [-0.4, -0.2) is 33.4 Å². The van der Waals surface area contributed by atoms with Crippen LogP contribution in [0.2, 0.25) is 0 Å². The van der Waals surface area contributed by atoms with Gasteiger partial charge in [0.15, 0.2) is 5.17 Å². The molecule has 4 rings (SSSR count). The molecule has 1 aromatic heterocycles. The fourth-order valence-corrected chi connectivity index (χ4v) is 4.07. The summed E-state index contributed by atoms with van der Waals surface area (Å²) < 4.78 is 5.61. The average molecular weight is 478 g/mol. The van der Waals surface area contributed by atoms with Gasteiger partial charge >= 0.3 is 0 Å². The van der Waals surface area contributed by atoms with E-state index in [1.165, 1.54) is 12.3 Å². The highest BCUT2D eigenvalue weighted by molar-refractivity contribution is 8.15. The number of carbonyl (C=O) groups is 2. The van der Waals surface area contributed by atoms with Gasteiger partial charge in [0, 0.05) is 18.2 Å². The first kappa shape index (κ1) is 22.9. The van der Waals surface area contributed by atoms with Crippen molar-refractivity contribution in [2.24, 2.45) is 10.2 Å². The molecule has 1 atom stereocenters. The van der Waals surface area contributed by atoms with E-state index < -0.39 is 10.2 Å². The van der Waals surface area contributed by atoms with Crippen LogP contribution in [0.5, 0.6) is 0 Å². The number of hydrogen-bond donors (Lipinski definition) is 2. The number of nitro benzene ring substituents is 1. The van der Waals surface area contributed by atoms with Gasteiger partial charge in [0.25, 0.3) is 5.69 Å². The zero-order chi connectivity index (χ0) is 24.1. The maximum absolute atomic E-state index is 12.3. The number of nitrogens with one attached hydrogen (secondary N) is 2. The number of furan rings is 1. The Morgan fingerprint density at radius 3 is 2.74 bits per heavy atom. The Morgan fingerprint density at radius 1 is 1.21 bits per heavy atom. The van der Waals surface area contributed by atoms with Gasteiger partial charge in [0.1, 0.15) is 16.8 Å². The summed E-state index contributed by atoms with van der Waals surface area (Å²) in [6.07, 6.45) is 1.32. The molecular weight excluding hydrogens is 458 g/mol. The second-order valence-corrected chi connectivity index (χ2v) is 8.53. The van der Waals surface area contributed by atoms with Gasteiger partial charge in [-0.05, 0) is 37.3 Å². The van der Waals surface area contributed by atoms with E-state index in [2.05, 4.69) is 20.8 Å². The van der Waals surface area contributed by atoms with E-state index in [1.807, 2.05) is 19.1 Å². The Bertz CT molecular complexity index is 1300. The molecule has 2 amide bonds. The standard InChI is InChI=1S/C23H19N5O5S/c1-14-6-8-15(9-7-14)25-21(29)12-20-22(30)26-23(34-20)27-24-13-16-10-11-19(33-16)17-4-2-3-5-18(17)28(31)32/h2-11,13,20H,12H2,1H3,(H,25,29)(H,26,27,30)/t20-/m0/s1. The highest BCUT2D eigenvalue weighted by Gasteiger charge is 2.32. The lowest BCUT2D eigenvalue weighted by atomic mass is 10.1. The maximum Gasteiger partial charge on any atom is 0.280 e. The third-order valence-electron chi connectivity index (χ3n) is 4.81. The van der Waals surface area contributed by atoms with Gasteiger partial charge in [0.05, 0.1) is 16.7 Å². The van der Waals surface area contributed by atoms with Crippen LogP contribution >= 0.6 is 11.8 Å². The van der Waals surface area contributed by atoms with E-state index in [0.29, 0.717) is 22.8 Å². The van der Waals surface area contributed by atoms with Crippen molar-refractivity contribution in [2.45, 2.75) is 18.6 Å². The summed E-state index contributed by atoms with van der Waals surface area (Å²) >= 11 is 1.11. The van der Waals surface area contributed by atoms with Crippen molar-refractivity contribution in [1.82, 2.24) is 5.32 Å². The topological polar surface area (TPSA) is 139 Å². The van der Waals surface area contributed by atoms with Crippen LogP contribution in [-0.2, 0) is 9.59 Å². The fourth-order valence-electron chi connectivity index (χ4n) is 3.15. The molecule has 10 nitrogen and oxygen atoms in total. The summed E-state index contributed by atoms with van der Waals surface area (Å²) in [5, 5.41) is 24.1. The van der Waals surface area contributed by atoms with Crippen molar-refractivity contribution in [3.05, 3.63) is 82.1 Å². The zero-order valence-corrected chi connectivity index (χ0v) is 18.7. The number of thioether (sulfide) groups is 1.